The zero-order valence-electron chi connectivity index (χ0n) is 17.0. The molecule has 1 aliphatic heterocycles. The van der Waals surface area contributed by atoms with Gasteiger partial charge in [-0.15, -0.1) is 0 Å². The second-order valence-corrected chi connectivity index (χ2v) is 7.51. The molecule has 2 aromatic heterocycles. The topological polar surface area (TPSA) is 62.2 Å². The molecule has 6 nitrogen and oxygen atoms in total. The summed E-state index contributed by atoms with van der Waals surface area (Å²) in [6.45, 7) is 2.27. The Kier molecular flexibility index (Phi) is 5.97. The number of rotatable bonds is 6. The van der Waals surface area contributed by atoms with Crippen LogP contribution in [0.15, 0.2) is 55.0 Å². The lowest BCUT2D eigenvalue weighted by Crippen LogP contribution is -2.29. The third-order valence-corrected chi connectivity index (χ3v) is 5.32. The number of pyridine rings is 1. The Morgan fingerprint density at radius 3 is 2.50 bits per heavy atom. The summed E-state index contributed by atoms with van der Waals surface area (Å²) in [4.78, 5) is 30.1. The van der Waals surface area contributed by atoms with Crippen molar-refractivity contribution in [3.63, 3.8) is 0 Å². The summed E-state index contributed by atoms with van der Waals surface area (Å²) in [6.07, 6.45) is 7.80. The van der Waals surface area contributed by atoms with Gasteiger partial charge in [-0.1, -0.05) is 12.1 Å². The number of benzene rings is 1. The maximum absolute atomic E-state index is 13.1. The molecule has 0 bridgehead atoms. The molecule has 0 spiro atoms. The summed E-state index contributed by atoms with van der Waals surface area (Å²) < 4.78 is 13.1. The molecule has 0 radical (unpaired) electrons. The SMILES string of the molecule is CN(Cc1nc(N2CCCC2)ncc1-c1ccncc1)C(=O)Cc1ccc(F)cc1. The van der Waals surface area contributed by atoms with E-state index in [-0.39, 0.29) is 18.1 Å². The first-order chi connectivity index (χ1) is 14.6. The minimum Gasteiger partial charge on any atom is -0.341 e. The molecule has 3 heterocycles. The van der Waals surface area contributed by atoms with Crippen LogP contribution >= 0.6 is 0 Å². The zero-order valence-corrected chi connectivity index (χ0v) is 17.0. The van der Waals surface area contributed by atoms with Crippen molar-refractivity contribution in [2.75, 3.05) is 25.0 Å². The molecule has 0 N–H and O–H groups in total. The van der Waals surface area contributed by atoms with E-state index in [1.165, 1.54) is 12.1 Å². The van der Waals surface area contributed by atoms with Gasteiger partial charge >= 0.3 is 0 Å². The highest BCUT2D eigenvalue weighted by molar-refractivity contribution is 5.78. The van der Waals surface area contributed by atoms with Gasteiger partial charge in [0.15, 0.2) is 0 Å². The number of likely N-dealkylation sites (N-methyl/N-ethyl adjacent to an activating group) is 1. The molecule has 30 heavy (non-hydrogen) atoms. The van der Waals surface area contributed by atoms with Crippen LogP contribution in [0.1, 0.15) is 24.1 Å². The number of nitrogens with zero attached hydrogens (tertiary/aromatic N) is 5. The Morgan fingerprint density at radius 1 is 1.10 bits per heavy atom. The molecular formula is C23H24FN5O. The predicted octanol–water partition coefficient (Wildman–Crippen LogP) is 3.48. The van der Waals surface area contributed by atoms with Crippen molar-refractivity contribution in [1.82, 2.24) is 19.9 Å². The van der Waals surface area contributed by atoms with Crippen LogP contribution in [0.25, 0.3) is 11.1 Å². The maximum atomic E-state index is 13.1. The van der Waals surface area contributed by atoms with E-state index in [9.17, 15) is 9.18 Å². The number of anilines is 1. The molecule has 0 unspecified atom stereocenters. The third-order valence-electron chi connectivity index (χ3n) is 5.32. The number of halogens is 1. The van der Waals surface area contributed by atoms with Crippen LogP contribution < -0.4 is 4.90 Å². The van der Waals surface area contributed by atoms with Crippen LogP contribution in [0.2, 0.25) is 0 Å². The Labute approximate surface area is 175 Å². The minimum atomic E-state index is -0.308. The molecule has 154 valence electrons. The molecule has 4 rings (SSSR count). The first-order valence-corrected chi connectivity index (χ1v) is 10.1. The van der Waals surface area contributed by atoms with E-state index in [0.29, 0.717) is 12.5 Å². The lowest BCUT2D eigenvalue weighted by atomic mass is 10.1. The summed E-state index contributed by atoms with van der Waals surface area (Å²) in [5.74, 6) is 0.347. The lowest BCUT2D eigenvalue weighted by Gasteiger charge is -2.21. The summed E-state index contributed by atoms with van der Waals surface area (Å²) in [7, 11) is 1.76. The highest BCUT2D eigenvalue weighted by atomic mass is 19.1. The molecule has 0 atom stereocenters. The van der Waals surface area contributed by atoms with Gasteiger partial charge < -0.3 is 9.80 Å². The number of hydrogen-bond acceptors (Lipinski definition) is 5. The van der Waals surface area contributed by atoms with Gasteiger partial charge in [-0.05, 0) is 48.2 Å². The molecule has 1 fully saturated rings. The smallest absolute Gasteiger partial charge is 0.227 e. The van der Waals surface area contributed by atoms with Crippen molar-refractivity contribution < 1.29 is 9.18 Å². The fourth-order valence-corrected chi connectivity index (χ4v) is 3.59. The van der Waals surface area contributed by atoms with Gasteiger partial charge in [0.2, 0.25) is 11.9 Å². The van der Waals surface area contributed by atoms with Crippen molar-refractivity contribution in [2.45, 2.75) is 25.8 Å². The van der Waals surface area contributed by atoms with Crippen molar-refractivity contribution in [2.24, 2.45) is 0 Å². The Morgan fingerprint density at radius 2 is 1.80 bits per heavy atom. The largest absolute Gasteiger partial charge is 0.341 e. The van der Waals surface area contributed by atoms with Crippen LogP contribution in [-0.2, 0) is 17.8 Å². The molecule has 1 saturated heterocycles. The Bertz CT molecular complexity index is 1000. The molecular weight excluding hydrogens is 381 g/mol. The summed E-state index contributed by atoms with van der Waals surface area (Å²) in [6, 6.07) is 9.85. The Hall–Kier alpha value is -3.35. The molecule has 1 aliphatic rings. The fraction of sp³-hybridized carbons (Fsp3) is 0.304. The lowest BCUT2D eigenvalue weighted by molar-refractivity contribution is -0.129. The Balaban J connectivity index is 1.57. The average Bonchev–Trinajstić information content (AvgIpc) is 3.31. The average molecular weight is 405 g/mol. The van der Waals surface area contributed by atoms with Crippen LogP contribution in [0.5, 0.6) is 0 Å². The fourth-order valence-electron chi connectivity index (χ4n) is 3.59. The summed E-state index contributed by atoms with van der Waals surface area (Å²) in [5, 5.41) is 0. The first-order valence-electron chi connectivity index (χ1n) is 10.1. The molecule has 0 aliphatic carbocycles. The van der Waals surface area contributed by atoms with Crippen molar-refractivity contribution in [3.8, 4) is 11.1 Å². The van der Waals surface area contributed by atoms with E-state index in [1.807, 2.05) is 18.3 Å². The third kappa shape index (κ3) is 4.62. The van der Waals surface area contributed by atoms with Crippen molar-refractivity contribution in [1.29, 1.82) is 0 Å². The van der Waals surface area contributed by atoms with Crippen molar-refractivity contribution in [3.05, 3.63) is 72.1 Å². The molecule has 7 heteroatoms. The van der Waals surface area contributed by atoms with E-state index in [4.69, 9.17) is 4.98 Å². The summed E-state index contributed by atoms with van der Waals surface area (Å²) in [5.41, 5.74) is 3.44. The molecule has 0 saturated carbocycles. The zero-order chi connectivity index (χ0) is 20.9. The van der Waals surface area contributed by atoms with Gasteiger partial charge in [0, 0.05) is 44.3 Å². The number of hydrogen-bond donors (Lipinski definition) is 0. The number of carbonyl (C=O) groups excluding carboxylic acids is 1. The van der Waals surface area contributed by atoms with Gasteiger partial charge in [-0.25, -0.2) is 14.4 Å². The van der Waals surface area contributed by atoms with Gasteiger partial charge in [-0.3, -0.25) is 9.78 Å². The van der Waals surface area contributed by atoms with E-state index < -0.39 is 0 Å². The van der Waals surface area contributed by atoms with Crippen LogP contribution in [0.3, 0.4) is 0 Å². The number of aromatic nitrogens is 3. The van der Waals surface area contributed by atoms with Crippen LogP contribution in [0.4, 0.5) is 10.3 Å². The van der Waals surface area contributed by atoms with Gasteiger partial charge in [-0.2, -0.15) is 0 Å². The maximum Gasteiger partial charge on any atom is 0.227 e. The van der Waals surface area contributed by atoms with Gasteiger partial charge in [0.05, 0.1) is 18.7 Å². The first kappa shape index (κ1) is 19.9. The van der Waals surface area contributed by atoms with E-state index in [2.05, 4.69) is 14.9 Å². The number of amides is 1. The van der Waals surface area contributed by atoms with E-state index in [1.54, 1.807) is 36.5 Å². The van der Waals surface area contributed by atoms with Crippen molar-refractivity contribution >= 4 is 11.9 Å². The van der Waals surface area contributed by atoms with E-state index >= 15 is 0 Å². The van der Waals surface area contributed by atoms with E-state index in [0.717, 1.165) is 48.3 Å². The number of carbonyl (C=O) groups is 1. The monoisotopic (exact) mass is 405 g/mol. The van der Waals surface area contributed by atoms with Crippen LogP contribution in [0, 0.1) is 5.82 Å². The predicted molar refractivity (Wildman–Crippen MR) is 113 cm³/mol. The highest BCUT2D eigenvalue weighted by Gasteiger charge is 2.19. The quantitative estimate of drug-likeness (QED) is 0.628. The van der Waals surface area contributed by atoms with Gasteiger partial charge in [0.25, 0.3) is 0 Å². The van der Waals surface area contributed by atoms with Gasteiger partial charge in [0.1, 0.15) is 5.82 Å². The standard InChI is InChI=1S/C23H24FN5O/c1-28(22(30)14-17-4-6-19(24)7-5-17)16-21-20(18-8-10-25-11-9-18)15-26-23(27-21)29-12-2-3-13-29/h4-11,15H,2-3,12-14,16H2,1H3. The molecule has 1 aromatic carbocycles. The molecule has 1 amide bonds. The highest BCUT2D eigenvalue weighted by Crippen LogP contribution is 2.25. The second kappa shape index (κ2) is 8.98. The van der Waals surface area contributed by atoms with Crippen LogP contribution in [-0.4, -0.2) is 45.9 Å². The minimum absolute atomic E-state index is 0.0522. The second-order valence-electron chi connectivity index (χ2n) is 7.51. The summed E-state index contributed by atoms with van der Waals surface area (Å²) >= 11 is 0. The molecule has 3 aromatic rings. The normalized spacial score (nSPS) is 13.5.